The van der Waals surface area contributed by atoms with Crippen LogP contribution in [0.1, 0.15) is 19.5 Å². The van der Waals surface area contributed by atoms with Gasteiger partial charge in [0.1, 0.15) is 0 Å². The Balaban J connectivity index is 2.72. The summed E-state index contributed by atoms with van der Waals surface area (Å²) in [6.07, 6.45) is 0. The lowest BCUT2D eigenvalue weighted by molar-refractivity contribution is 0.857. The number of aromatic nitrogens is 1. The third-order valence-corrected chi connectivity index (χ3v) is 2.93. The Morgan fingerprint density at radius 3 is 2.58 bits per heavy atom. The second-order valence-corrected chi connectivity index (χ2v) is 3.53. The van der Waals surface area contributed by atoms with Crippen molar-refractivity contribution in [3.63, 3.8) is 0 Å². The molecule has 1 aromatic heterocycles. The largest absolute Gasteiger partial charge is 0.349 e. The molecule has 1 aromatic rings. The van der Waals surface area contributed by atoms with Crippen LogP contribution in [-0.2, 0) is 5.88 Å². The Morgan fingerprint density at radius 2 is 2.17 bits per heavy atom. The highest BCUT2D eigenvalue weighted by Gasteiger charge is 2.05. The van der Waals surface area contributed by atoms with Crippen molar-refractivity contribution in [3.05, 3.63) is 11.1 Å². The molecule has 0 spiro atoms. The summed E-state index contributed by atoms with van der Waals surface area (Å²) in [7, 11) is 0. The standard InChI is InChI=1S/C8H13ClN2S/c1-3-11(4-2)8-10-7(5-9)6-12-8/h6H,3-5H2,1-2H3. The summed E-state index contributed by atoms with van der Waals surface area (Å²) < 4.78 is 0. The van der Waals surface area contributed by atoms with Gasteiger partial charge in [-0.05, 0) is 13.8 Å². The first-order valence-electron chi connectivity index (χ1n) is 4.07. The van der Waals surface area contributed by atoms with Crippen LogP contribution in [0.5, 0.6) is 0 Å². The Morgan fingerprint density at radius 1 is 1.50 bits per heavy atom. The highest BCUT2D eigenvalue weighted by atomic mass is 35.5. The van der Waals surface area contributed by atoms with Gasteiger partial charge in [-0.15, -0.1) is 22.9 Å². The molecule has 0 radical (unpaired) electrons. The van der Waals surface area contributed by atoms with Crippen molar-refractivity contribution in [1.29, 1.82) is 0 Å². The van der Waals surface area contributed by atoms with Crippen LogP contribution in [0.2, 0.25) is 0 Å². The predicted octanol–water partition coefficient (Wildman–Crippen LogP) is 2.73. The van der Waals surface area contributed by atoms with Crippen LogP contribution in [0, 0.1) is 0 Å². The van der Waals surface area contributed by atoms with Crippen LogP contribution in [0.4, 0.5) is 5.13 Å². The summed E-state index contributed by atoms with van der Waals surface area (Å²) in [4.78, 5) is 6.61. The SMILES string of the molecule is CCN(CC)c1nc(CCl)cs1. The van der Waals surface area contributed by atoms with Crippen molar-refractivity contribution >= 4 is 28.1 Å². The summed E-state index contributed by atoms with van der Waals surface area (Å²) in [5.41, 5.74) is 0.976. The Bertz CT molecular complexity index is 233. The Kier molecular flexibility index (Phi) is 3.82. The summed E-state index contributed by atoms with van der Waals surface area (Å²) >= 11 is 7.32. The minimum Gasteiger partial charge on any atom is -0.349 e. The van der Waals surface area contributed by atoms with E-state index in [0.717, 1.165) is 23.9 Å². The number of rotatable bonds is 4. The molecule has 0 aliphatic rings. The normalized spacial score (nSPS) is 10.2. The first-order chi connectivity index (χ1) is 5.81. The van der Waals surface area contributed by atoms with Crippen molar-refractivity contribution < 1.29 is 0 Å². The quantitative estimate of drug-likeness (QED) is 0.702. The fraction of sp³-hybridized carbons (Fsp3) is 0.625. The highest BCUT2D eigenvalue weighted by Crippen LogP contribution is 2.20. The van der Waals surface area contributed by atoms with E-state index < -0.39 is 0 Å². The summed E-state index contributed by atoms with van der Waals surface area (Å²) in [5.74, 6) is 0.512. The van der Waals surface area contributed by atoms with Gasteiger partial charge in [-0.3, -0.25) is 0 Å². The number of hydrogen-bond acceptors (Lipinski definition) is 3. The summed E-state index contributed by atoms with van der Waals surface area (Å²) in [6, 6.07) is 0. The number of hydrogen-bond donors (Lipinski definition) is 0. The molecule has 0 fully saturated rings. The smallest absolute Gasteiger partial charge is 0.185 e. The van der Waals surface area contributed by atoms with E-state index in [1.165, 1.54) is 0 Å². The minimum absolute atomic E-state index is 0.512. The fourth-order valence-electron chi connectivity index (χ4n) is 0.997. The Hall–Kier alpha value is -0.280. The average Bonchev–Trinajstić information content (AvgIpc) is 2.55. The van der Waals surface area contributed by atoms with E-state index >= 15 is 0 Å². The molecular weight excluding hydrogens is 192 g/mol. The number of nitrogens with zero attached hydrogens (tertiary/aromatic N) is 2. The molecule has 0 bridgehead atoms. The van der Waals surface area contributed by atoms with E-state index in [1.54, 1.807) is 11.3 Å². The number of alkyl halides is 1. The molecule has 0 saturated carbocycles. The van der Waals surface area contributed by atoms with Gasteiger partial charge < -0.3 is 4.90 Å². The molecule has 0 atom stereocenters. The zero-order chi connectivity index (χ0) is 8.97. The molecule has 1 heterocycles. The molecule has 0 amide bonds. The van der Waals surface area contributed by atoms with E-state index in [0.29, 0.717) is 5.88 Å². The molecule has 12 heavy (non-hydrogen) atoms. The van der Waals surface area contributed by atoms with Crippen molar-refractivity contribution in [2.75, 3.05) is 18.0 Å². The van der Waals surface area contributed by atoms with Gasteiger partial charge in [-0.2, -0.15) is 0 Å². The second-order valence-electron chi connectivity index (χ2n) is 2.43. The van der Waals surface area contributed by atoms with Gasteiger partial charge in [-0.1, -0.05) is 0 Å². The molecule has 1 rings (SSSR count). The lowest BCUT2D eigenvalue weighted by Crippen LogP contribution is -2.21. The third-order valence-electron chi connectivity index (χ3n) is 1.71. The van der Waals surface area contributed by atoms with E-state index in [4.69, 9.17) is 11.6 Å². The fourth-order valence-corrected chi connectivity index (χ4v) is 2.18. The van der Waals surface area contributed by atoms with E-state index in [1.807, 2.05) is 5.38 Å². The van der Waals surface area contributed by atoms with Crippen molar-refractivity contribution in [2.24, 2.45) is 0 Å². The molecule has 0 aromatic carbocycles. The minimum atomic E-state index is 0.512. The van der Waals surface area contributed by atoms with Crippen LogP contribution in [-0.4, -0.2) is 18.1 Å². The summed E-state index contributed by atoms with van der Waals surface area (Å²) in [5, 5.41) is 3.09. The van der Waals surface area contributed by atoms with Crippen LogP contribution >= 0.6 is 22.9 Å². The van der Waals surface area contributed by atoms with Gasteiger partial charge in [0, 0.05) is 18.5 Å². The maximum atomic E-state index is 5.66. The lowest BCUT2D eigenvalue weighted by atomic mass is 10.5. The van der Waals surface area contributed by atoms with Gasteiger partial charge in [0.05, 0.1) is 11.6 Å². The van der Waals surface area contributed by atoms with E-state index in [-0.39, 0.29) is 0 Å². The molecule has 0 aliphatic carbocycles. The number of anilines is 1. The lowest BCUT2D eigenvalue weighted by Gasteiger charge is -2.16. The highest BCUT2D eigenvalue weighted by molar-refractivity contribution is 7.13. The predicted molar refractivity (Wildman–Crippen MR) is 55.2 cm³/mol. The van der Waals surface area contributed by atoms with Gasteiger partial charge in [-0.25, -0.2) is 4.98 Å². The number of halogens is 1. The van der Waals surface area contributed by atoms with Crippen LogP contribution in [0.3, 0.4) is 0 Å². The molecule has 4 heteroatoms. The van der Waals surface area contributed by atoms with Crippen LogP contribution in [0.15, 0.2) is 5.38 Å². The maximum absolute atomic E-state index is 5.66. The molecule has 0 N–H and O–H groups in total. The first-order valence-corrected chi connectivity index (χ1v) is 5.48. The zero-order valence-electron chi connectivity index (χ0n) is 7.38. The first kappa shape index (κ1) is 9.81. The topological polar surface area (TPSA) is 16.1 Å². The van der Waals surface area contributed by atoms with Crippen molar-refractivity contribution in [2.45, 2.75) is 19.7 Å². The monoisotopic (exact) mass is 204 g/mol. The number of thiazole rings is 1. The molecule has 0 saturated heterocycles. The maximum Gasteiger partial charge on any atom is 0.185 e. The molecular formula is C8H13ClN2S. The van der Waals surface area contributed by atoms with Gasteiger partial charge in [0.25, 0.3) is 0 Å². The second kappa shape index (κ2) is 4.67. The van der Waals surface area contributed by atoms with Gasteiger partial charge >= 0.3 is 0 Å². The zero-order valence-corrected chi connectivity index (χ0v) is 8.95. The Labute approximate surface area is 82.2 Å². The molecule has 2 nitrogen and oxygen atoms in total. The molecule has 0 aliphatic heterocycles. The van der Waals surface area contributed by atoms with E-state index in [2.05, 4.69) is 23.7 Å². The van der Waals surface area contributed by atoms with Crippen molar-refractivity contribution in [1.82, 2.24) is 4.98 Å². The van der Waals surface area contributed by atoms with Crippen LogP contribution in [0.25, 0.3) is 0 Å². The average molecular weight is 205 g/mol. The summed E-state index contributed by atoms with van der Waals surface area (Å²) in [6.45, 7) is 6.27. The van der Waals surface area contributed by atoms with Gasteiger partial charge in [0.2, 0.25) is 0 Å². The van der Waals surface area contributed by atoms with E-state index in [9.17, 15) is 0 Å². The third kappa shape index (κ3) is 2.11. The van der Waals surface area contributed by atoms with Crippen LogP contribution < -0.4 is 4.90 Å². The molecule has 68 valence electrons. The van der Waals surface area contributed by atoms with Crippen molar-refractivity contribution in [3.8, 4) is 0 Å². The molecule has 0 unspecified atom stereocenters. The van der Waals surface area contributed by atoms with Gasteiger partial charge in [0.15, 0.2) is 5.13 Å².